The maximum atomic E-state index is 13.3. The zero-order valence-corrected chi connectivity index (χ0v) is 12.5. The van der Waals surface area contributed by atoms with Crippen molar-refractivity contribution in [2.45, 2.75) is 25.4 Å². The van der Waals surface area contributed by atoms with Crippen molar-refractivity contribution < 1.29 is 23.8 Å². The van der Waals surface area contributed by atoms with Crippen LogP contribution in [0, 0.1) is 11.7 Å². The van der Waals surface area contributed by atoms with Crippen molar-refractivity contribution in [2.75, 3.05) is 26.4 Å². The highest BCUT2D eigenvalue weighted by Crippen LogP contribution is 2.20. The molecular formula is C16H22FNO4. The number of ether oxygens (including phenoxy) is 2. The molecule has 1 saturated heterocycles. The van der Waals surface area contributed by atoms with Crippen LogP contribution in [0.25, 0.3) is 0 Å². The van der Waals surface area contributed by atoms with Gasteiger partial charge in [-0.1, -0.05) is 12.1 Å². The fourth-order valence-corrected chi connectivity index (χ4v) is 2.45. The zero-order valence-electron chi connectivity index (χ0n) is 12.5. The Kier molecular flexibility index (Phi) is 6.61. The third-order valence-electron chi connectivity index (χ3n) is 3.77. The van der Waals surface area contributed by atoms with E-state index >= 15 is 0 Å². The lowest BCUT2D eigenvalue weighted by molar-refractivity contribution is -0.123. The first-order valence-corrected chi connectivity index (χ1v) is 7.56. The molecule has 0 aromatic heterocycles. The summed E-state index contributed by atoms with van der Waals surface area (Å²) in [5.41, 5.74) is 0. The van der Waals surface area contributed by atoms with Gasteiger partial charge in [0.1, 0.15) is 0 Å². The lowest BCUT2D eigenvalue weighted by Crippen LogP contribution is -2.34. The van der Waals surface area contributed by atoms with Gasteiger partial charge in [-0.05, 0) is 37.3 Å². The summed E-state index contributed by atoms with van der Waals surface area (Å²) in [6.07, 6.45) is 1.77. The van der Waals surface area contributed by atoms with E-state index in [0.717, 1.165) is 12.8 Å². The lowest BCUT2D eigenvalue weighted by Gasteiger charge is -2.26. The monoisotopic (exact) mass is 311 g/mol. The van der Waals surface area contributed by atoms with Crippen LogP contribution < -0.4 is 10.1 Å². The number of carbonyl (C=O) groups excluding carboxylic acids is 1. The highest BCUT2D eigenvalue weighted by Gasteiger charge is 2.21. The van der Waals surface area contributed by atoms with Gasteiger partial charge in [-0.15, -0.1) is 0 Å². The second-order valence-corrected chi connectivity index (χ2v) is 5.37. The summed E-state index contributed by atoms with van der Waals surface area (Å²) in [6, 6.07) is 5.94. The van der Waals surface area contributed by atoms with Crippen LogP contribution in [0.1, 0.15) is 19.3 Å². The molecule has 1 atom stereocenters. The first kappa shape index (κ1) is 16.7. The normalized spacial score (nSPS) is 17.0. The number of hydrogen-bond donors (Lipinski definition) is 2. The Balaban J connectivity index is 1.62. The third kappa shape index (κ3) is 5.27. The number of nitrogens with one attached hydrogen (secondary N) is 1. The van der Waals surface area contributed by atoms with Crippen LogP contribution >= 0.6 is 0 Å². The van der Waals surface area contributed by atoms with E-state index in [1.807, 2.05) is 0 Å². The molecule has 0 aliphatic carbocycles. The van der Waals surface area contributed by atoms with Gasteiger partial charge in [-0.2, -0.15) is 0 Å². The van der Waals surface area contributed by atoms with E-state index in [2.05, 4.69) is 5.32 Å². The van der Waals surface area contributed by atoms with E-state index in [0.29, 0.717) is 26.2 Å². The van der Waals surface area contributed by atoms with Gasteiger partial charge in [0, 0.05) is 19.8 Å². The standard InChI is InChI=1S/C16H22FNO4/c17-13-3-1-2-4-15(13)22-11-16(20)18-8-5-14(19)12-6-9-21-10-7-12/h1-4,12,14,19H,5-11H2,(H,18,20)/t14-/m0/s1. The average Bonchev–Trinajstić information content (AvgIpc) is 2.55. The molecule has 0 unspecified atom stereocenters. The molecule has 6 heteroatoms. The van der Waals surface area contributed by atoms with E-state index < -0.39 is 11.9 Å². The second kappa shape index (κ2) is 8.70. The summed E-state index contributed by atoms with van der Waals surface area (Å²) in [7, 11) is 0. The van der Waals surface area contributed by atoms with Crippen LogP contribution in [-0.4, -0.2) is 43.5 Å². The minimum Gasteiger partial charge on any atom is -0.481 e. The minimum absolute atomic E-state index is 0.0555. The Morgan fingerprint density at radius 3 is 2.86 bits per heavy atom. The van der Waals surface area contributed by atoms with E-state index in [1.54, 1.807) is 12.1 Å². The molecule has 2 N–H and O–H groups in total. The summed E-state index contributed by atoms with van der Waals surface area (Å²) in [6.45, 7) is 1.50. The number of rotatable bonds is 7. The number of aliphatic hydroxyl groups excluding tert-OH is 1. The molecule has 0 saturated carbocycles. The third-order valence-corrected chi connectivity index (χ3v) is 3.77. The smallest absolute Gasteiger partial charge is 0.257 e. The van der Waals surface area contributed by atoms with Crippen molar-refractivity contribution in [3.8, 4) is 5.75 Å². The van der Waals surface area contributed by atoms with Crippen LogP contribution in [0.15, 0.2) is 24.3 Å². The topological polar surface area (TPSA) is 67.8 Å². The summed E-state index contributed by atoms with van der Waals surface area (Å²) < 4.78 is 23.7. The van der Waals surface area contributed by atoms with Gasteiger partial charge in [-0.3, -0.25) is 4.79 Å². The van der Waals surface area contributed by atoms with E-state index in [-0.39, 0.29) is 24.2 Å². The molecule has 0 bridgehead atoms. The lowest BCUT2D eigenvalue weighted by atomic mass is 9.92. The summed E-state index contributed by atoms with van der Waals surface area (Å²) in [4.78, 5) is 11.6. The first-order valence-electron chi connectivity index (χ1n) is 7.56. The van der Waals surface area contributed by atoms with Gasteiger partial charge in [0.15, 0.2) is 18.2 Å². The zero-order chi connectivity index (χ0) is 15.8. The van der Waals surface area contributed by atoms with Gasteiger partial charge in [-0.25, -0.2) is 4.39 Å². The molecule has 5 nitrogen and oxygen atoms in total. The van der Waals surface area contributed by atoms with Gasteiger partial charge in [0.25, 0.3) is 5.91 Å². The van der Waals surface area contributed by atoms with Crippen LogP contribution in [0.3, 0.4) is 0 Å². The van der Waals surface area contributed by atoms with Gasteiger partial charge >= 0.3 is 0 Å². The largest absolute Gasteiger partial charge is 0.481 e. The van der Waals surface area contributed by atoms with Crippen LogP contribution in [0.4, 0.5) is 4.39 Å². The van der Waals surface area contributed by atoms with Crippen LogP contribution in [0.2, 0.25) is 0 Å². The second-order valence-electron chi connectivity index (χ2n) is 5.37. The SMILES string of the molecule is O=C(COc1ccccc1F)NCC[C@H](O)C1CCOCC1. The molecule has 22 heavy (non-hydrogen) atoms. The molecule has 1 aliphatic rings. The minimum atomic E-state index is -0.495. The number of carbonyl (C=O) groups is 1. The summed E-state index contributed by atoms with van der Waals surface area (Å²) in [5.74, 6) is -0.534. The number of halogens is 1. The highest BCUT2D eigenvalue weighted by atomic mass is 19.1. The number of hydrogen-bond acceptors (Lipinski definition) is 4. The molecule has 1 heterocycles. The average molecular weight is 311 g/mol. The quantitative estimate of drug-likeness (QED) is 0.801. The Bertz CT molecular complexity index is 477. The van der Waals surface area contributed by atoms with Gasteiger partial charge in [0.2, 0.25) is 0 Å². The molecule has 1 aromatic rings. The van der Waals surface area contributed by atoms with E-state index in [1.165, 1.54) is 12.1 Å². The fourth-order valence-electron chi connectivity index (χ4n) is 2.45. The predicted molar refractivity (Wildman–Crippen MR) is 79.1 cm³/mol. The van der Waals surface area contributed by atoms with Crippen molar-refractivity contribution in [3.05, 3.63) is 30.1 Å². The number of benzene rings is 1. The van der Waals surface area contributed by atoms with Crippen molar-refractivity contribution in [3.63, 3.8) is 0 Å². The number of para-hydroxylation sites is 1. The van der Waals surface area contributed by atoms with E-state index in [9.17, 15) is 14.3 Å². The number of amides is 1. The van der Waals surface area contributed by atoms with E-state index in [4.69, 9.17) is 9.47 Å². The Morgan fingerprint density at radius 1 is 1.41 bits per heavy atom. The van der Waals surface area contributed by atoms with Crippen molar-refractivity contribution in [1.82, 2.24) is 5.32 Å². The van der Waals surface area contributed by atoms with Gasteiger partial charge < -0.3 is 19.9 Å². The van der Waals surface area contributed by atoms with Crippen LogP contribution in [-0.2, 0) is 9.53 Å². The Hall–Kier alpha value is -1.66. The maximum absolute atomic E-state index is 13.3. The summed E-state index contributed by atoms with van der Waals surface area (Å²) in [5, 5.41) is 12.7. The molecule has 1 aliphatic heterocycles. The molecule has 0 radical (unpaired) electrons. The molecule has 2 rings (SSSR count). The Morgan fingerprint density at radius 2 is 2.14 bits per heavy atom. The number of aliphatic hydroxyl groups is 1. The predicted octanol–water partition coefficient (Wildman–Crippen LogP) is 1.50. The maximum Gasteiger partial charge on any atom is 0.257 e. The molecule has 1 amide bonds. The molecule has 1 fully saturated rings. The van der Waals surface area contributed by atoms with Crippen molar-refractivity contribution in [1.29, 1.82) is 0 Å². The van der Waals surface area contributed by atoms with Crippen LogP contribution in [0.5, 0.6) is 5.75 Å². The highest BCUT2D eigenvalue weighted by molar-refractivity contribution is 5.77. The molecular weight excluding hydrogens is 289 g/mol. The summed E-state index contributed by atoms with van der Waals surface area (Å²) >= 11 is 0. The van der Waals surface area contributed by atoms with Gasteiger partial charge in [0.05, 0.1) is 6.10 Å². The molecule has 122 valence electrons. The van der Waals surface area contributed by atoms with Crippen molar-refractivity contribution >= 4 is 5.91 Å². The first-order chi connectivity index (χ1) is 10.7. The molecule has 1 aromatic carbocycles. The fraction of sp³-hybridized carbons (Fsp3) is 0.562. The molecule has 0 spiro atoms. The van der Waals surface area contributed by atoms with Crippen molar-refractivity contribution in [2.24, 2.45) is 5.92 Å². The Labute approximate surface area is 129 Å².